The normalized spacial score (nSPS) is 10.3. The summed E-state index contributed by atoms with van der Waals surface area (Å²) in [5.74, 6) is -1.62. The molecule has 0 unspecified atom stereocenters. The zero-order chi connectivity index (χ0) is 17.7. The van der Waals surface area contributed by atoms with Crippen molar-refractivity contribution in [2.45, 2.75) is 20.4 Å². The molecule has 1 heterocycles. The molecule has 2 aromatic rings. The van der Waals surface area contributed by atoms with Gasteiger partial charge in [-0.3, -0.25) is 9.59 Å². The van der Waals surface area contributed by atoms with Gasteiger partial charge in [-0.05, 0) is 37.6 Å². The van der Waals surface area contributed by atoms with Gasteiger partial charge in [-0.1, -0.05) is 12.1 Å². The molecular weight excluding hydrogens is 315 g/mol. The van der Waals surface area contributed by atoms with Gasteiger partial charge < -0.3 is 15.0 Å². The molecule has 0 aliphatic heterocycles. The number of aromatic nitrogens is 1. The maximum atomic E-state index is 12.8. The Bertz CT molecular complexity index is 812. The molecule has 7 heteroatoms. The second-order valence-corrected chi connectivity index (χ2v) is 5.08. The number of rotatable bonds is 5. The summed E-state index contributed by atoms with van der Waals surface area (Å²) in [4.78, 5) is 38.5. The Balaban J connectivity index is 2.19. The molecule has 0 atom stereocenters. The molecule has 0 aliphatic rings. The van der Waals surface area contributed by atoms with Crippen LogP contribution in [0.4, 0.5) is 4.39 Å². The molecule has 1 aromatic carbocycles. The van der Waals surface area contributed by atoms with Crippen LogP contribution in [-0.2, 0) is 11.3 Å². The van der Waals surface area contributed by atoms with Crippen LogP contribution < -0.4 is 10.9 Å². The molecule has 0 radical (unpaired) electrons. The van der Waals surface area contributed by atoms with E-state index in [4.69, 9.17) is 4.74 Å². The molecule has 126 valence electrons. The Kier molecular flexibility index (Phi) is 5.47. The van der Waals surface area contributed by atoms with Crippen LogP contribution >= 0.6 is 0 Å². The van der Waals surface area contributed by atoms with E-state index < -0.39 is 17.4 Å². The summed E-state index contributed by atoms with van der Waals surface area (Å²) in [6, 6.07) is 6.82. The first-order valence-corrected chi connectivity index (χ1v) is 7.36. The summed E-state index contributed by atoms with van der Waals surface area (Å²) in [6.07, 6.45) is 0. The monoisotopic (exact) mass is 332 g/mol. The number of H-pyrrole nitrogens is 1. The minimum absolute atomic E-state index is 0.126. The molecule has 0 aliphatic carbocycles. The number of halogens is 1. The zero-order valence-electron chi connectivity index (χ0n) is 13.3. The summed E-state index contributed by atoms with van der Waals surface area (Å²) >= 11 is 0. The summed E-state index contributed by atoms with van der Waals surface area (Å²) in [7, 11) is 0. The van der Waals surface area contributed by atoms with Gasteiger partial charge in [-0.25, -0.2) is 9.18 Å². The number of aromatic amines is 1. The Morgan fingerprint density at radius 3 is 2.50 bits per heavy atom. The SMILES string of the molecule is CCOC(=O)c1cc(C(=O)NCc2ccc(F)cc2)c(=O)[nH]c1C. The zero-order valence-corrected chi connectivity index (χ0v) is 13.3. The number of esters is 1. The van der Waals surface area contributed by atoms with E-state index in [2.05, 4.69) is 10.3 Å². The topological polar surface area (TPSA) is 88.3 Å². The molecular formula is C17H17FN2O4. The van der Waals surface area contributed by atoms with Gasteiger partial charge in [0.05, 0.1) is 12.2 Å². The number of hydrogen-bond donors (Lipinski definition) is 2. The quantitative estimate of drug-likeness (QED) is 0.819. The number of carbonyl (C=O) groups excluding carboxylic acids is 2. The van der Waals surface area contributed by atoms with E-state index in [0.717, 1.165) is 0 Å². The predicted molar refractivity (Wildman–Crippen MR) is 85.3 cm³/mol. The minimum atomic E-state index is -0.633. The third kappa shape index (κ3) is 4.07. The van der Waals surface area contributed by atoms with Crippen molar-refractivity contribution in [3.63, 3.8) is 0 Å². The van der Waals surface area contributed by atoms with E-state index in [1.54, 1.807) is 13.8 Å². The Labute approximate surface area is 137 Å². The van der Waals surface area contributed by atoms with Crippen molar-refractivity contribution < 1.29 is 18.7 Å². The number of hydrogen-bond acceptors (Lipinski definition) is 4. The Morgan fingerprint density at radius 2 is 1.88 bits per heavy atom. The molecule has 1 aromatic heterocycles. The van der Waals surface area contributed by atoms with Crippen molar-refractivity contribution in [2.24, 2.45) is 0 Å². The maximum Gasteiger partial charge on any atom is 0.339 e. The summed E-state index contributed by atoms with van der Waals surface area (Å²) in [5.41, 5.74) is 0.346. The van der Waals surface area contributed by atoms with Crippen molar-refractivity contribution in [3.05, 3.63) is 68.9 Å². The fourth-order valence-electron chi connectivity index (χ4n) is 2.09. The fraction of sp³-hybridized carbons (Fsp3) is 0.235. The van der Waals surface area contributed by atoms with E-state index >= 15 is 0 Å². The predicted octanol–water partition coefficient (Wildman–Crippen LogP) is 1.93. The van der Waals surface area contributed by atoms with Crippen LogP contribution in [0.1, 0.15) is 38.9 Å². The number of nitrogens with one attached hydrogen (secondary N) is 2. The molecule has 0 saturated carbocycles. The third-order valence-corrected chi connectivity index (χ3v) is 3.34. The first-order chi connectivity index (χ1) is 11.4. The molecule has 2 rings (SSSR count). The largest absolute Gasteiger partial charge is 0.462 e. The molecule has 0 fully saturated rings. The number of pyridine rings is 1. The molecule has 24 heavy (non-hydrogen) atoms. The number of amides is 1. The summed E-state index contributed by atoms with van der Waals surface area (Å²) in [6.45, 7) is 3.52. The van der Waals surface area contributed by atoms with E-state index in [1.807, 2.05) is 0 Å². The molecule has 1 amide bonds. The van der Waals surface area contributed by atoms with Gasteiger partial charge in [-0.15, -0.1) is 0 Å². The highest BCUT2D eigenvalue weighted by Gasteiger charge is 2.18. The van der Waals surface area contributed by atoms with Gasteiger partial charge in [0.1, 0.15) is 11.4 Å². The first-order valence-electron chi connectivity index (χ1n) is 7.36. The van der Waals surface area contributed by atoms with Crippen molar-refractivity contribution >= 4 is 11.9 Å². The first kappa shape index (κ1) is 17.4. The van der Waals surface area contributed by atoms with Crippen LogP contribution in [0, 0.1) is 12.7 Å². The smallest absolute Gasteiger partial charge is 0.339 e. The Hall–Kier alpha value is -2.96. The van der Waals surface area contributed by atoms with Crippen LogP contribution in [0.3, 0.4) is 0 Å². The fourth-order valence-corrected chi connectivity index (χ4v) is 2.09. The van der Waals surface area contributed by atoms with Gasteiger partial charge >= 0.3 is 5.97 Å². The van der Waals surface area contributed by atoms with Crippen LogP contribution in [0.25, 0.3) is 0 Å². The number of benzene rings is 1. The van der Waals surface area contributed by atoms with Gasteiger partial charge in [0.2, 0.25) is 0 Å². The van der Waals surface area contributed by atoms with Gasteiger partial charge in [0, 0.05) is 12.2 Å². The number of ether oxygens (including phenoxy) is 1. The Morgan fingerprint density at radius 1 is 1.21 bits per heavy atom. The highest BCUT2D eigenvalue weighted by molar-refractivity contribution is 5.98. The van der Waals surface area contributed by atoms with Crippen LogP contribution in [-0.4, -0.2) is 23.5 Å². The van der Waals surface area contributed by atoms with E-state index in [-0.39, 0.29) is 30.1 Å². The van der Waals surface area contributed by atoms with Crippen molar-refractivity contribution in [1.82, 2.24) is 10.3 Å². The van der Waals surface area contributed by atoms with E-state index in [0.29, 0.717) is 11.3 Å². The second-order valence-electron chi connectivity index (χ2n) is 5.08. The highest BCUT2D eigenvalue weighted by atomic mass is 19.1. The molecule has 6 nitrogen and oxygen atoms in total. The summed E-state index contributed by atoms with van der Waals surface area (Å²) in [5, 5.41) is 2.56. The molecule has 2 N–H and O–H groups in total. The lowest BCUT2D eigenvalue weighted by Crippen LogP contribution is -2.30. The third-order valence-electron chi connectivity index (χ3n) is 3.34. The van der Waals surface area contributed by atoms with Crippen LogP contribution in [0.2, 0.25) is 0 Å². The lowest BCUT2D eigenvalue weighted by molar-refractivity contribution is 0.0525. The van der Waals surface area contributed by atoms with E-state index in [1.165, 1.54) is 30.3 Å². The van der Waals surface area contributed by atoms with Gasteiger partial charge in [0.25, 0.3) is 11.5 Å². The van der Waals surface area contributed by atoms with Gasteiger partial charge in [0.15, 0.2) is 0 Å². The average Bonchev–Trinajstić information content (AvgIpc) is 2.54. The second kappa shape index (κ2) is 7.54. The van der Waals surface area contributed by atoms with Crippen LogP contribution in [0.15, 0.2) is 35.1 Å². The number of carbonyl (C=O) groups is 2. The highest BCUT2D eigenvalue weighted by Crippen LogP contribution is 2.08. The van der Waals surface area contributed by atoms with Crippen molar-refractivity contribution in [3.8, 4) is 0 Å². The number of aryl methyl sites for hydroxylation is 1. The lowest BCUT2D eigenvalue weighted by atomic mass is 10.1. The lowest BCUT2D eigenvalue weighted by Gasteiger charge is -2.09. The van der Waals surface area contributed by atoms with Crippen molar-refractivity contribution in [2.75, 3.05) is 6.61 Å². The summed E-state index contributed by atoms with van der Waals surface area (Å²) < 4.78 is 17.7. The van der Waals surface area contributed by atoms with E-state index in [9.17, 15) is 18.8 Å². The molecule has 0 bridgehead atoms. The van der Waals surface area contributed by atoms with Gasteiger partial charge in [-0.2, -0.15) is 0 Å². The maximum absolute atomic E-state index is 12.8. The van der Waals surface area contributed by atoms with Crippen molar-refractivity contribution in [1.29, 1.82) is 0 Å². The standard InChI is InChI=1S/C17H17FN2O4/c1-3-24-17(23)13-8-14(16(22)20-10(13)2)15(21)19-9-11-4-6-12(18)7-5-11/h4-8H,3,9H2,1-2H3,(H,19,21)(H,20,22). The average molecular weight is 332 g/mol. The van der Waals surface area contributed by atoms with Crippen LogP contribution in [0.5, 0.6) is 0 Å². The molecule has 0 saturated heterocycles. The molecule has 0 spiro atoms. The minimum Gasteiger partial charge on any atom is -0.462 e.